The molecule has 11 heteroatoms. The number of halogens is 3. The van der Waals surface area contributed by atoms with Crippen molar-refractivity contribution in [2.75, 3.05) is 25.5 Å². The summed E-state index contributed by atoms with van der Waals surface area (Å²) in [5.74, 6) is -0.795. The van der Waals surface area contributed by atoms with E-state index in [0.717, 1.165) is 4.90 Å². The maximum Gasteiger partial charge on any atom is 0.446 e. The van der Waals surface area contributed by atoms with E-state index < -0.39 is 17.4 Å². The summed E-state index contributed by atoms with van der Waals surface area (Å²) >= 11 is -0.278. The van der Waals surface area contributed by atoms with E-state index >= 15 is 0 Å². The van der Waals surface area contributed by atoms with Crippen molar-refractivity contribution in [3.05, 3.63) is 53.9 Å². The predicted octanol–water partition coefficient (Wildman–Crippen LogP) is 3.36. The third-order valence-electron chi connectivity index (χ3n) is 4.27. The van der Waals surface area contributed by atoms with Crippen LogP contribution in [0.25, 0.3) is 0 Å². The maximum absolute atomic E-state index is 12.8. The molecule has 158 valence electrons. The Bertz CT molecular complexity index is 980. The second-order valence-corrected chi connectivity index (χ2v) is 7.78. The summed E-state index contributed by atoms with van der Waals surface area (Å²) in [6.07, 6.45) is 2.88. The quantitative estimate of drug-likeness (QED) is 0.529. The Hall–Kier alpha value is -3.08. The average Bonchev–Trinajstić information content (AvgIpc) is 2.94. The van der Waals surface area contributed by atoms with E-state index in [-0.39, 0.29) is 41.3 Å². The molecule has 1 aliphatic heterocycles. The van der Waals surface area contributed by atoms with Gasteiger partial charge >= 0.3 is 11.5 Å². The molecule has 0 aliphatic carbocycles. The number of urea groups is 1. The van der Waals surface area contributed by atoms with Crippen molar-refractivity contribution < 1.29 is 27.6 Å². The van der Waals surface area contributed by atoms with Gasteiger partial charge in [-0.3, -0.25) is 14.6 Å². The van der Waals surface area contributed by atoms with Gasteiger partial charge in [0.25, 0.3) is 11.8 Å². The average molecular weight is 438 g/mol. The molecule has 0 spiro atoms. The first-order valence-electron chi connectivity index (χ1n) is 8.69. The number of imide groups is 1. The van der Waals surface area contributed by atoms with Crippen LogP contribution in [0.1, 0.15) is 15.9 Å². The van der Waals surface area contributed by atoms with Crippen molar-refractivity contribution in [2.45, 2.75) is 16.9 Å². The molecule has 0 radical (unpaired) electrons. The number of hydrogen-bond acceptors (Lipinski definition) is 5. The van der Waals surface area contributed by atoms with Gasteiger partial charge in [-0.25, -0.2) is 9.69 Å². The number of amides is 4. The minimum Gasteiger partial charge on any atom is -0.345 e. The minimum atomic E-state index is -4.43. The van der Waals surface area contributed by atoms with Crippen LogP contribution in [-0.2, 0) is 11.3 Å². The van der Waals surface area contributed by atoms with Gasteiger partial charge in [0, 0.05) is 37.9 Å². The van der Waals surface area contributed by atoms with Gasteiger partial charge in [0.1, 0.15) is 6.54 Å². The van der Waals surface area contributed by atoms with Gasteiger partial charge in [-0.05, 0) is 47.7 Å². The Morgan fingerprint density at radius 3 is 2.43 bits per heavy atom. The van der Waals surface area contributed by atoms with Crippen molar-refractivity contribution in [3.8, 4) is 0 Å². The van der Waals surface area contributed by atoms with Crippen LogP contribution >= 0.6 is 11.8 Å². The van der Waals surface area contributed by atoms with Crippen molar-refractivity contribution in [2.24, 2.45) is 0 Å². The molecule has 0 saturated carbocycles. The predicted molar refractivity (Wildman–Crippen MR) is 104 cm³/mol. The molecular formula is C19H17F3N4O3S. The largest absolute Gasteiger partial charge is 0.446 e. The highest BCUT2D eigenvalue weighted by atomic mass is 32.2. The molecule has 3 rings (SSSR count). The molecule has 1 fully saturated rings. The van der Waals surface area contributed by atoms with Crippen molar-refractivity contribution in [3.63, 3.8) is 0 Å². The van der Waals surface area contributed by atoms with Crippen LogP contribution in [0.3, 0.4) is 0 Å². The van der Waals surface area contributed by atoms with Gasteiger partial charge in [-0.2, -0.15) is 13.2 Å². The van der Waals surface area contributed by atoms with E-state index in [2.05, 4.69) is 4.98 Å². The summed E-state index contributed by atoms with van der Waals surface area (Å²) in [5, 5.41) is 0. The molecule has 4 amide bonds. The van der Waals surface area contributed by atoms with Crippen LogP contribution in [0.15, 0.2) is 47.6 Å². The molecule has 1 saturated heterocycles. The Labute approximate surface area is 174 Å². The summed E-state index contributed by atoms with van der Waals surface area (Å²) in [7, 11) is 3.18. The summed E-state index contributed by atoms with van der Waals surface area (Å²) in [6, 6.07) is 5.97. The molecule has 0 unspecified atom stereocenters. The lowest BCUT2D eigenvalue weighted by molar-refractivity contribution is -0.116. The van der Waals surface area contributed by atoms with E-state index in [1.807, 2.05) is 0 Å². The van der Waals surface area contributed by atoms with Gasteiger partial charge in [0.2, 0.25) is 0 Å². The number of thioether (sulfide) groups is 1. The number of alkyl halides is 3. The molecule has 1 aromatic carbocycles. The molecule has 1 aromatic heterocycles. The molecular weight excluding hydrogens is 421 g/mol. The van der Waals surface area contributed by atoms with Gasteiger partial charge in [-0.15, -0.1) is 0 Å². The first kappa shape index (κ1) is 21.6. The van der Waals surface area contributed by atoms with Gasteiger partial charge < -0.3 is 9.80 Å². The number of hydrogen-bond donors (Lipinski definition) is 0. The topological polar surface area (TPSA) is 73.8 Å². The number of anilines is 1. The van der Waals surface area contributed by atoms with Gasteiger partial charge in [-0.1, -0.05) is 0 Å². The lowest BCUT2D eigenvalue weighted by atomic mass is 10.1. The lowest BCUT2D eigenvalue weighted by Crippen LogP contribution is -2.33. The minimum absolute atomic E-state index is 0.0144. The molecule has 30 heavy (non-hydrogen) atoms. The zero-order valence-corrected chi connectivity index (χ0v) is 16.8. The van der Waals surface area contributed by atoms with Crippen molar-refractivity contribution in [1.82, 2.24) is 14.8 Å². The Morgan fingerprint density at radius 1 is 1.17 bits per heavy atom. The SMILES string of the molecule is CN(C)C(=O)c1cnccc1CN1CC(=O)N(c2ccc(SC(F)(F)F)cc2)C1=O. The van der Waals surface area contributed by atoms with E-state index in [1.165, 1.54) is 46.5 Å². The molecule has 7 nitrogen and oxygen atoms in total. The van der Waals surface area contributed by atoms with Crippen LogP contribution in [0, 0.1) is 0 Å². The second kappa shape index (κ2) is 8.34. The van der Waals surface area contributed by atoms with Gasteiger partial charge in [0.05, 0.1) is 11.3 Å². The normalized spacial score (nSPS) is 14.4. The monoisotopic (exact) mass is 438 g/mol. The Balaban J connectivity index is 1.79. The maximum atomic E-state index is 12.8. The molecule has 2 aromatic rings. The fourth-order valence-electron chi connectivity index (χ4n) is 2.92. The van der Waals surface area contributed by atoms with Crippen molar-refractivity contribution in [1.29, 1.82) is 0 Å². The Kier molecular flexibility index (Phi) is 6.01. The van der Waals surface area contributed by atoms with Crippen LogP contribution < -0.4 is 4.90 Å². The number of nitrogens with zero attached hydrogens (tertiary/aromatic N) is 4. The van der Waals surface area contributed by atoms with E-state index in [9.17, 15) is 27.6 Å². The second-order valence-electron chi connectivity index (χ2n) is 6.64. The molecule has 0 atom stereocenters. The van der Waals surface area contributed by atoms with E-state index in [1.54, 1.807) is 20.2 Å². The summed E-state index contributed by atoms with van der Waals surface area (Å²) in [4.78, 5) is 45.0. The van der Waals surface area contributed by atoms with E-state index in [0.29, 0.717) is 11.1 Å². The smallest absolute Gasteiger partial charge is 0.345 e. The Morgan fingerprint density at radius 2 is 1.83 bits per heavy atom. The highest BCUT2D eigenvalue weighted by Crippen LogP contribution is 2.37. The number of aromatic nitrogens is 1. The molecule has 0 bridgehead atoms. The zero-order chi connectivity index (χ0) is 22.1. The first-order chi connectivity index (χ1) is 14.1. The molecule has 2 heterocycles. The van der Waals surface area contributed by atoms with Crippen LogP contribution in [-0.4, -0.2) is 58.8 Å². The fraction of sp³-hybridized carbons (Fsp3) is 0.263. The standard InChI is InChI=1S/C19H17F3N4O3S/c1-24(2)17(28)15-9-23-8-7-12(15)10-25-11-16(27)26(18(25)29)13-3-5-14(6-4-13)30-19(20,21)22/h3-9H,10-11H2,1-2H3. The van der Waals surface area contributed by atoms with Crippen LogP contribution in [0.5, 0.6) is 0 Å². The molecule has 0 N–H and O–H groups in total. The van der Waals surface area contributed by atoms with E-state index in [4.69, 9.17) is 0 Å². The van der Waals surface area contributed by atoms with Gasteiger partial charge in [0.15, 0.2) is 0 Å². The summed E-state index contributed by atoms with van der Waals surface area (Å²) < 4.78 is 37.4. The number of benzene rings is 1. The fourth-order valence-corrected chi connectivity index (χ4v) is 3.46. The zero-order valence-electron chi connectivity index (χ0n) is 16.0. The van der Waals surface area contributed by atoms with Crippen LogP contribution in [0.4, 0.5) is 23.7 Å². The highest BCUT2D eigenvalue weighted by molar-refractivity contribution is 8.00. The third-order valence-corrected chi connectivity index (χ3v) is 5.01. The lowest BCUT2D eigenvalue weighted by Gasteiger charge is -2.19. The molecule has 1 aliphatic rings. The summed E-state index contributed by atoms with van der Waals surface area (Å²) in [5.41, 5.74) is -3.40. The number of rotatable bonds is 5. The number of carbonyl (C=O) groups excluding carboxylic acids is 3. The van der Waals surface area contributed by atoms with Crippen molar-refractivity contribution >= 4 is 35.3 Å². The number of carbonyl (C=O) groups is 3. The first-order valence-corrected chi connectivity index (χ1v) is 9.50. The summed E-state index contributed by atoms with van der Waals surface area (Å²) in [6.45, 7) is -0.198. The van der Waals surface area contributed by atoms with Crippen LogP contribution in [0.2, 0.25) is 0 Å². The highest BCUT2D eigenvalue weighted by Gasteiger charge is 2.38. The number of pyridine rings is 1. The third kappa shape index (κ3) is 4.73.